The first-order valence-electron chi connectivity index (χ1n) is 6.09. The minimum Gasteiger partial charge on any atom is -0.382 e. The van der Waals surface area contributed by atoms with Crippen LogP contribution < -0.4 is 5.32 Å². The third-order valence-corrected chi connectivity index (χ3v) is 4.77. The number of nitrogens with one attached hydrogen (secondary N) is 1. The van der Waals surface area contributed by atoms with Gasteiger partial charge in [-0.15, -0.1) is 0 Å². The quantitative estimate of drug-likeness (QED) is 0.704. The van der Waals surface area contributed by atoms with Crippen LogP contribution in [-0.4, -0.2) is 19.6 Å². The third-order valence-electron chi connectivity index (χ3n) is 3.31. The van der Waals surface area contributed by atoms with E-state index in [-0.39, 0.29) is 8.41 Å². The largest absolute Gasteiger partial charge is 0.382 e. The Kier molecular flexibility index (Phi) is 3.57. The Hall–Kier alpha value is -0.633. The van der Waals surface area contributed by atoms with Crippen molar-refractivity contribution >= 4 is 13.6 Å². The van der Waals surface area contributed by atoms with Crippen LogP contribution in [0.2, 0.25) is 13.1 Å². The number of hydrogen-bond acceptors (Lipinski definition) is 1. The number of allylic oxidation sites excluding steroid dienone is 3. The van der Waals surface area contributed by atoms with Crippen molar-refractivity contribution < 1.29 is 0 Å². The second kappa shape index (κ2) is 4.93. The molecule has 1 saturated carbocycles. The van der Waals surface area contributed by atoms with E-state index in [4.69, 9.17) is 0 Å². The third kappa shape index (κ3) is 2.91. The fourth-order valence-corrected chi connectivity index (χ4v) is 3.19. The zero-order valence-corrected chi connectivity index (χ0v) is 10.8. The molecule has 2 aliphatic carbocycles. The Labute approximate surface area is 94.5 Å². The van der Waals surface area contributed by atoms with E-state index in [0.717, 1.165) is 6.04 Å². The molecule has 2 aliphatic rings. The molecule has 1 N–H and O–H groups in total. The van der Waals surface area contributed by atoms with Gasteiger partial charge in [0, 0.05) is 20.1 Å². The standard InChI is InChI=1S/C13H21NSi/c1-15(2)13-9-8-12(10-13)14-11-6-4-3-5-7-11/h8-11,14H,3-7H2,1-2H3. The summed E-state index contributed by atoms with van der Waals surface area (Å²) >= 11 is 0. The van der Waals surface area contributed by atoms with Crippen molar-refractivity contribution in [2.45, 2.75) is 51.2 Å². The molecule has 82 valence electrons. The summed E-state index contributed by atoms with van der Waals surface area (Å²) in [5.74, 6) is 0. The van der Waals surface area contributed by atoms with Gasteiger partial charge in [-0.05, 0) is 30.2 Å². The van der Waals surface area contributed by atoms with Crippen molar-refractivity contribution in [1.29, 1.82) is 0 Å². The predicted octanol–water partition coefficient (Wildman–Crippen LogP) is 2.87. The van der Waals surface area contributed by atoms with E-state index in [9.17, 15) is 0 Å². The Balaban J connectivity index is 1.94. The van der Waals surface area contributed by atoms with Crippen molar-refractivity contribution in [3.63, 3.8) is 0 Å². The summed E-state index contributed by atoms with van der Waals surface area (Å²) in [5, 5.41) is 5.23. The Morgan fingerprint density at radius 2 is 1.87 bits per heavy atom. The van der Waals surface area contributed by atoms with Crippen molar-refractivity contribution in [3.05, 3.63) is 23.9 Å². The van der Waals surface area contributed by atoms with Gasteiger partial charge >= 0.3 is 0 Å². The molecule has 0 aromatic heterocycles. The van der Waals surface area contributed by atoms with Gasteiger partial charge in [0.2, 0.25) is 0 Å². The summed E-state index contributed by atoms with van der Waals surface area (Å²) in [6.07, 6.45) is 13.8. The lowest BCUT2D eigenvalue weighted by Crippen LogP contribution is -2.29. The first kappa shape index (κ1) is 10.9. The van der Waals surface area contributed by atoms with Crippen molar-refractivity contribution in [3.8, 4) is 0 Å². The average molecular weight is 219 g/mol. The van der Waals surface area contributed by atoms with Crippen LogP contribution in [0.15, 0.2) is 23.9 Å². The van der Waals surface area contributed by atoms with E-state index in [2.05, 4.69) is 36.6 Å². The van der Waals surface area contributed by atoms with Gasteiger partial charge in [-0.2, -0.15) is 0 Å². The van der Waals surface area contributed by atoms with Gasteiger partial charge in [0.05, 0.1) is 0 Å². The maximum atomic E-state index is 3.67. The molecule has 0 unspecified atom stereocenters. The molecule has 0 radical (unpaired) electrons. The fourth-order valence-electron chi connectivity index (χ4n) is 2.33. The van der Waals surface area contributed by atoms with E-state index >= 15 is 0 Å². The molecule has 0 atom stereocenters. The van der Waals surface area contributed by atoms with Crippen LogP contribution in [0.4, 0.5) is 0 Å². The lowest BCUT2D eigenvalue weighted by molar-refractivity contribution is 0.399. The maximum Gasteiger partial charge on any atom is 0.0344 e. The molecule has 0 bridgehead atoms. The molecule has 2 rings (SSSR count). The Morgan fingerprint density at radius 1 is 1.13 bits per heavy atom. The van der Waals surface area contributed by atoms with Crippen LogP contribution in [0.1, 0.15) is 32.1 Å². The van der Waals surface area contributed by atoms with Crippen molar-refractivity contribution in [2.75, 3.05) is 0 Å². The minimum absolute atomic E-state index is 0.271. The Bertz CT molecular complexity index is 315. The molecule has 1 nitrogen and oxygen atoms in total. The van der Waals surface area contributed by atoms with E-state index in [0.29, 0.717) is 0 Å². The second-order valence-electron chi connectivity index (χ2n) is 4.87. The van der Waals surface area contributed by atoms with Gasteiger partial charge in [0.25, 0.3) is 0 Å². The molecule has 0 spiro atoms. The SMILES string of the molecule is C[Si](C)=C1C=CC(NC2CCCCC2)=C1. The zero-order valence-electron chi connectivity index (χ0n) is 9.84. The molecule has 0 amide bonds. The summed E-state index contributed by atoms with van der Waals surface area (Å²) in [7, 11) is -0.271. The van der Waals surface area contributed by atoms with E-state index in [1.54, 1.807) is 5.17 Å². The lowest BCUT2D eigenvalue weighted by Gasteiger charge is -2.23. The Morgan fingerprint density at radius 3 is 2.47 bits per heavy atom. The van der Waals surface area contributed by atoms with Gasteiger partial charge < -0.3 is 5.32 Å². The van der Waals surface area contributed by atoms with Crippen LogP contribution in [0.5, 0.6) is 0 Å². The molecule has 1 fully saturated rings. The molecule has 0 heterocycles. The molecule has 0 saturated heterocycles. The van der Waals surface area contributed by atoms with Gasteiger partial charge in [-0.1, -0.05) is 38.4 Å². The first-order valence-corrected chi connectivity index (χ1v) is 8.59. The van der Waals surface area contributed by atoms with E-state index < -0.39 is 0 Å². The van der Waals surface area contributed by atoms with Crippen LogP contribution in [0.3, 0.4) is 0 Å². The summed E-state index contributed by atoms with van der Waals surface area (Å²) in [5.41, 5.74) is 1.35. The van der Waals surface area contributed by atoms with Gasteiger partial charge in [0.1, 0.15) is 0 Å². The van der Waals surface area contributed by atoms with Gasteiger partial charge in [-0.25, -0.2) is 0 Å². The van der Waals surface area contributed by atoms with Crippen molar-refractivity contribution in [1.82, 2.24) is 5.32 Å². The number of rotatable bonds is 2. The first-order chi connectivity index (χ1) is 7.25. The van der Waals surface area contributed by atoms with Crippen LogP contribution in [0.25, 0.3) is 0 Å². The van der Waals surface area contributed by atoms with Crippen LogP contribution in [0, 0.1) is 0 Å². The molecule has 0 aromatic rings. The smallest absolute Gasteiger partial charge is 0.0344 e. The second-order valence-corrected chi connectivity index (χ2v) is 7.44. The zero-order chi connectivity index (χ0) is 10.7. The molecule has 0 aromatic carbocycles. The topological polar surface area (TPSA) is 12.0 Å². The monoisotopic (exact) mass is 219 g/mol. The number of hydrogen-bond donors (Lipinski definition) is 1. The molecular formula is C13H21NSi. The summed E-state index contributed by atoms with van der Waals surface area (Å²) in [6, 6.07) is 0.735. The highest BCUT2D eigenvalue weighted by Gasteiger charge is 2.14. The highest BCUT2D eigenvalue weighted by Crippen LogP contribution is 2.19. The average Bonchev–Trinajstić information content (AvgIpc) is 2.68. The molecule has 0 aliphatic heterocycles. The van der Waals surface area contributed by atoms with Crippen LogP contribution >= 0.6 is 0 Å². The van der Waals surface area contributed by atoms with Gasteiger partial charge in [0.15, 0.2) is 0 Å². The maximum absolute atomic E-state index is 3.67. The predicted molar refractivity (Wildman–Crippen MR) is 69.7 cm³/mol. The summed E-state index contributed by atoms with van der Waals surface area (Å²) < 4.78 is 0. The summed E-state index contributed by atoms with van der Waals surface area (Å²) in [4.78, 5) is 0. The molecular weight excluding hydrogens is 198 g/mol. The minimum atomic E-state index is -0.271. The molecule has 2 heteroatoms. The van der Waals surface area contributed by atoms with Crippen molar-refractivity contribution in [2.24, 2.45) is 0 Å². The van der Waals surface area contributed by atoms with Crippen LogP contribution in [-0.2, 0) is 0 Å². The highest BCUT2D eigenvalue weighted by molar-refractivity contribution is 6.73. The normalized spacial score (nSPS) is 21.7. The summed E-state index contributed by atoms with van der Waals surface area (Å²) in [6.45, 7) is 4.70. The lowest BCUT2D eigenvalue weighted by atomic mass is 9.95. The van der Waals surface area contributed by atoms with Gasteiger partial charge in [-0.3, -0.25) is 0 Å². The highest BCUT2D eigenvalue weighted by atomic mass is 28.2. The molecule has 15 heavy (non-hydrogen) atoms. The van der Waals surface area contributed by atoms with E-state index in [1.807, 2.05) is 0 Å². The van der Waals surface area contributed by atoms with E-state index in [1.165, 1.54) is 37.8 Å². The fraction of sp³-hybridized carbons (Fsp3) is 0.615.